The van der Waals surface area contributed by atoms with Crippen LogP contribution in [0.1, 0.15) is 90.4 Å². The minimum Gasteiger partial charge on any atom is -0.481 e. The van der Waals surface area contributed by atoms with Crippen molar-refractivity contribution < 1.29 is 9.90 Å². The zero-order valence-corrected chi connectivity index (χ0v) is 15.0. The fourth-order valence-corrected chi connectivity index (χ4v) is 2.36. The number of unbranched alkanes of at least 4 members (excludes halogenated alkanes) is 8. The van der Waals surface area contributed by atoms with E-state index in [4.69, 9.17) is 5.11 Å². The summed E-state index contributed by atoms with van der Waals surface area (Å²) in [6.07, 6.45) is 27.7. The zero-order valence-electron chi connectivity index (χ0n) is 15.0. The Morgan fingerprint density at radius 3 is 1.74 bits per heavy atom. The molecule has 0 amide bonds. The van der Waals surface area contributed by atoms with Crippen LogP contribution in [0.2, 0.25) is 0 Å². The van der Waals surface area contributed by atoms with Gasteiger partial charge < -0.3 is 5.11 Å². The Morgan fingerprint density at radius 1 is 0.696 bits per heavy atom. The van der Waals surface area contributed by atoms with Crippen LogP contribution in [0.15, 0.2) is 36.5 Å². The zero-order chi connectivity index (χ0) is 17.0. The first kappa shape index (κ1) is 21.7. The van der Waals surface area contributed by atoms with Crippen LogP contribution >= 0.6 is 0 Å². The molecule has 132 valence electrons. The van der Waals surface area contributed by atoms with Crippen molar-refractivity contribution in [2.45, 2.75) is 90.4 Å². The molecule has 0 unspecified atom stereocenters. The van der Waals surface area contributed by atoms with E-state index in [1.54, 1.807) is 0 Å². The van der Waals surface area contributed by atoms with Gasteiger partial charge in [-0.05, 0) is 44.9 Å². The molecule has 0 fully saturated rings. The molecule has 0 spiro atoms. The second kappa shape index (κ2) is 18.7. The molecule has 0 radical (unpaired) electrons. The van der Waals surface area contributed by atoms with Crippen molar-refractivity contribution in [1.82, 2.24) is 0 Å². The highest BCUT2D eigenvalue weighted by atomic mass is 16.4. The number of hydrogen-bond acceptors (Lipinski definition) is 1. The van der Waals surface area contributed by atoms with Crippen molar-refractivity contribution in [3.63, 3.8) is 0 Å². The average Bonchev–Trinajstić information content (AvgIpc) is 2.53. The monoisotopic (exact) mass is 320 g/mol. The van der Waals surface area contributed by atoms with Gasteiger partial charge in [-0.3, -0.25) is 4.79 Å². The Bertz CT molecular complexity index is 340. The van der Waals surface area contributed by atoms with Crippen molar-refractivity contribution in [1.29, 1.82) is 0 Å². The van der Waals surface area contributed by atoms with Crippen LogP contribution in [0, 0.1) is 0 Å². The number of carbonyl (C=O) groups is 1. The number of carboxylic acids is 1. The van der Waals surface area contributed by atoms with Crippen LogP contribution in [0.5, 0.6) is 0 Å². The first-order valence-electron chi connectivity index (χ1n) is 9.44. The molecule has 0 saturated carbocycles. The molecule has 0 rings (SSSR count). The summed E-state index contributed by atoms with van der Waals surface area (Å²) in [5.74, 6) is -0.673. The van der Waals surface area contributed by atoms with Crippen molar-refractivity contribution >= 4 is 5.97 Å². The first-order chi connectivity index (χ1) is 11.3. The Balaban J connectivity index is 3.27. The van der Waals surface area contributed by atoms with Crippen LogP contribution < -0.4 is 0 Å². The van der Waals surface area contributed by atoms with Crippen LogP contribution in [-0.2, 0) is 4.79 Å². The van der Waals surface area contributed by atoms with Crippen LogP contribution in [0.25, 0.3) is 0 Å². The van der Waals surface area contributed by atoms with Gasteiger partial charge in [0.25, 0.3) is 0 Å². The van der Waals surface area contributed by atoms with Crippen molar-refractivity contribution in [2.24, 2.45) is 0 Å². The van der Waals surface area contributed by atoms with Crippen LogP contribution in [0.3, 0.4) is 0 Å². The van der Waals surface area contributed by atoms with E-state index in [9.17, 15) is 4.79 Å². The Labute approximate surface area is 143 Å². The molecule has 0 aromatic carbocycles. The number of carboxylic acid groups (broad SMARTS) is 1. The second-order valence-corrected chi connectivity index (χ2v) is 6.08. The number of hydrogen-bond donors (Lipinski definition) is 1. The summed E-state index contributed by atoms with van der Waals surface area (Å²) in [4.78, 5) is 10.4. The highest BCUT2D eigenvalue weighted by molar-refractivity contribution is 5.66. The normalized spacial score (nSPS) is 12.0. The topological polar surface area (TPSA) is 37.3 Å². The SMILES string of the molecule is CCCCC/C=C\C/C=C\C/C=C\CCCCCCCC(=O)O. The summed E-state index contributed by atoms with van der Waals surface area (Å²) in [6.45, 7) is 2.24. The maximum atomic E-state index is 10.4. The third-order valence-electron chi connectivity index (χ3n) is 3.78. The lowest BCUT2D eigenvalue weighted by molar-refractivity contribution is -0.137. The van der Waals surface area contributed by atoms with E-state index >= 15 is 0 Å². The van der Waals surface area contributed by atoms with Crippen molar-refractivity contribution in [3.05, 3.63) is 36.5 Å². The fourth-order valence-electron chi connectivity index (χ4n) is 2.36. The molecule has 0 heterocycles. The number of rotatable bonds is 16. The maximum Gasteiger partial charge on any atom is 0.303 e. The molecule has 0 bridgehead atoms. The molecule has 0 atom stereocenters. The van der Waals surface area contributed by atoms with Gasteiger partial charge in [-0.1, -0.05) is 75.5 Å². The summed E-state index contributed by atoms with van der Waals surface area (Å²) in [5, 5.41) is 8.53. The molecular formula is C21H36O2. The van der Waals surface area contributed by atoms with Gasteiger partial charge in [0.2, 0.25) is 0 Å². The summed E-state index contributed by atoms with van der Waals surface area (Å²) in [5.41, 5.74) is 0. The third-order valence-corrected chi connectivity index (χ3v) is 3.78. The van der Waals surface area contributed by atoms with Gasteiger partial charge in [0.05, 0.1) is 0 Å². The highest BCUT2D eigenvalue weighted by Crippen LogP contribution is 2.08. The minimum absolute atomic E-state index is 0.320. The summed E-state index contributed by atoms with van der Waals surface area (Å²) < 4.78 is 0. The lowest BCUT2D eigenvalue weighted by Gasteiger charge is -1.98. The minimum atomic E-state index is -0.673. The van der Waals surface area contributed by atoms with Gasteiger partial charge in [-0.25, -0.2) is 0 Å². The van der Waals surface area contributed by atoms with Crippen LogP contribution in [-0.4, -0.2) is 11.1 Å². The summed E-state index contributed by atoms with van der Waals surface area (Å²) in [7, 11) is 0. The van der Waals surface area contributed by atoms with Crippen molar-refractivity contribution in [3.8, 4) is 0 Å². The van der Waals surface area contributed by atoms with E-state index in [1.165, 1.54) is 38.5 Å². The van der Waals surface area contributed by atoms with E-state index in [0.717, 1.165) is 38.5 Å². The smallest absolute Gasteiger partial charge is 0.303 e. The Hall–Kier alpha value is -1.31. The van der Waals surface area contributed by atoms with E-state index in [0.29, 0.717) is 6.42 Å². The van der Waals surface area contributed by atoms with Crippen LogP contribution in [0.4, 0.5) is 0 Å². The largest absolute Gasteiger partial charge is 0.481 e. The summed E-state index contributed by atoms with van der Waals surface area (Å²) >= 11 is 0. The predicted molar refractivity (Wildman–Crippen MR) is 101 cm³/mol. The second-order valence-electron chi connectivity index (χ2n) is 6.08. The van der Waals surface area contributed by atoms with Gasteiger partial charge >= 0.3 is 5.97 Å². The fraction of sp³-hybridized carbons (Fsp3) is 0.667. The third kappa shape index (κ3) is 20.7. The first-order valence-corrected chi connectivity index (χ1v) is 9.44. The molecule has 23 heavy (non-hydrogen) atoms. The molecule has 0 aromatic heterocycles. The molecular weight excluding hydrogens is 284 g/mol. The molecule has 0 saturated heterocycles. The Morgan fingerprint density at radius 2 is 1.17 bits per heavy atom. The molecule has 2 heteroatoms. The Kier molecular flexibility index (Phi) is 17.7. The molecule has 0 aliphatic heterocycles. The average molecular weight is 321 g/mol. The lowest BCUT2D eigenvalue weighted by atomic mass is 10.1. The molecule has 0 aliphatic carbocycles. The molecule has 1 N–H and O–H groups in total. The van der Waals surface area contributed by atoms with Crippen molar-refractivity contribution in [2.75, 3.05) is 0 Å². The van der Waals surface area contributed by atoms with E-state index in [-0.39, 0.29) is 0 Å². The maximum absolute atomic E-state index is 10.4. The van der Waals surface area contributed by atoms with E-state index in [1.807, 2.05) is 0 Å². The standard InChI is InChI=1S/C21H36O2/c1-2-3-4-5-6-7-8-9-10-11-12-13-14-15-16-17-18-19-20-21(22)23/h6-7,9-10,12-13H,2-5,8,11,14-20H2,1H3,(H,22,23)/b7-6-,10-9-,13-12-. The van der Waals surface area contributed by atoms with E-state index < -0.39 is 5.97 Å². The molecule has 0 aliphatic rings. The quantitative estimate of drug-likeness (QED) is 0.250. The van der Waals surface area contributed by atoms with Gasteiger partial charge in [0.15, 0.2) is 0 Å². The van der Waals surface area contributed by atoms with Gasteiger partial charge in [0.1, 0.15) is 0 Å². The van der Waals surface area contributed by atoms with Gasteiger partial charge in [-0.2, -0.15) is 0 Å². The predicted octanol–water partition coefficient (Wildman–Crippen LogP) is 6.83. The van der Waals surface area contributed by atoms with E-state index in [2.05, 4.69) is 43.4 Å². The lowest BCUT2D eigenvalue weighted by Crippen LogP contribution is -1.93. The molecule has 2 nitrogen and oxygen atoms in total. The van der Waals surface area contributed by atoms with Gasteiger partial charge in [-0.15, -0.1) is 0 Å². The number of aliphatic carboxylic acids is 1. The summed E-state index contributed by atoms with van der Waals surface area (Å²) in [6, 6.07) is 0. The molecule has 0 aromatic rings. The van der Waals surface area contributed by atoms with Gasteiger partial charge in [0, 0.05) is 6.42 Å². The number of allylic oxidation sites excluding steroid dienone is 6. The highest BCUT2D eigenvalue weighted by Gasteiger charge is 1.95.